The van der Waals surface area contributed by atoms with E-state index >= 15 is 0 Å². The zero-order valence-corrected chi connectivity index (χ0v) is 9.70. The first-order chi connectivity index (χ1) is 7.49. The van der Waals surface area contributed by atoms with Crippen LogP contribution in [0.5, 0.6) is 5.75 Å². The summed E-state index contributed by atoms with van der Waals surface area (Å²) in [7, 11) is 1.60. The van der Waals surface area contributed by atoms with Gasteiger partial charge in [0.1, 0.15) is 17.1 Å². The Bertz CT molecular complexity index is 372. The van der Waals surface area contributed by atoms with E-state index in [9.17, 15) is 14.3 Å². The molecule has 0 spiro atoms. The average molecular weight is 225 g/mol. The molecule has 3 nitrogen and oxygen atoms in total. The third-order valence-corrected chi connectivity index (χ3v) is 2.78. The molecule has 0 aliphatic carbocycles. The van der Waals surface area contributed by atoms with E-state index in [1.807, 2.05) is 13.8 Å². The molecule has 0 bridgehead atoms. The highest BCUT2D eigenvalue weighted by Crippen LogP contribution is 2.22. The zero-order valence-electron chi connectivity index (χ0n) is 9.70. The summed E-state index contributed by atoms with van der Waals surface area (Å²) < 4.78 is 13.4. The van der Waals surface area contributed by atoms with Gasteiger partial charge >= 0.3 is 0 Å². The highest BCUT2D eigenvalue weighted by molar-refractivity contribution is 5.97. The fraction of sp³-hybridized carbons (Fsp3) is 0.417. The van der Waals surface area contributed by atoms with Crippen molar-refractivity contribution in [2.75, 3.05) is 7.05 Å². The summed E-state index contributed by atoms with van der Waals surface area (Å²) >= 11 is 0. The quantitative estimate of drug-likeness (QED) is 0.858. The van der Waals surface area contributed by atoms with Gasteiger partial charge in [-0.05, 0) is 25.5 Å². The molecule has 1 amide bonds. The Kier molecular flexibility index (Phi) is 3.88. The van der Waals surface area contributed by atoms with E-state index in [4.69, 9.17) is 0 Å². The summed E-state index contributed by atoms with van der Waals surface area (Å²) in [6, 6.07) is 3.84. The molecule has 0 fully saturated rings. The number of carbonyl (C=O) groups excluding carboxylic acids is 1. The minimum Gasteiger partial charge on any atom is -0.507 e. The number of amides is 1. The van der Waals surface area contributed by atoms with Crippen LogP contribution in [0.3, 0.4) is 0 Å². The lowest BCUT2D eigenvalue weighted by Gasteiger charge is -2.24. The molecular formula is C12H16FNO2. The van der Waals surface area contributed by atoms with Crippen molar-refractivity contribution in [1.29, 1.82) is 0 Å². The predicted molar refractivity (Wildman–Crippen MR) is 59.9 cm³/mol. The molecule has 88 valence electrons. The van der Waals surface area contributed by atoms with Crippen LogP contribution < -0.4 is 0 Å². The first kappa shape index (κ1) is 12.5. The SMILES string of the molecule is CCC(C)N(C)C(=O)c1c(O)cccc1F. The monoisotopic (exact) mass is 225 g/mol. The van der Waals surface area contributed by atoms with E-state index < -0.39 is 11.7 Å². The minimum atomic E-state index is -0.694. The van der Waals surface area contributed by atoms with Crippen LogP contribution in [-0.4, -0.2) is 29.0 Å². The molecule has 0 saturated heterocycles. The molecule has 1 unspecified atom stereocenters. The molecule has 16 heavy (non-hydrogen) atoms. The van der Waals surface area contributed by atoms with Crippen LogP contribution in [0.1, 0.15) is 30.6 Å². The van der Waals surface area contributed by atoms with Crippen molar-refractivity contribution in [3.8, 4) is 5.75 Å². The largest absolute Gasteiger partial charge is 0.507 e. The summed E-state index contributed by atoms with van der Waals surface area (Å²) in [6.07, 6.45) is 0.775. The minimum absolute atomic E-state index is 0.00602. The lowest BCUT2D eigenvalue weighted by Crippen LogP contribution is -2.35. The van der Waals surface area contributed by atoms with Gasteiger partial charge in [0.05, 0.1) is 0 Å². The molecule has 0 radical (unpaired) electrons. The van der Waals surface area contributed by atoms with Gasteiger partial charge in [-0.15, -0.1) is 0 Å². The van der Waals surface area contributed by atoms with Gasteiger partial charge in [-0.1, -0.05) is 13.0 Å². The number of aromatic hydroxyl groups is 1. The van der Waals surface area contributed by atoms with Gasteiger partial charge in [0.15, 0.2) is 0 Å². The third-order valence-electron chi connectivity index (χ3n) is 2.78. The number of halogens is 1. The van der Waals surface area contributed by atoms with E-state index in [1.54, 1.807) is 7.05 Å². The molecule has 4 heteroatoms. The Hall–Kier alpha value is -1.58. The number of nitrogens with zero attached hydrogens (tertiary/aromatic N) is 1. The van der Waals surface area contributed by atoms with Gasteiger partial charge in [-0.2, -0.15) is 0 Å². The lowest BCUT2D eigenvalue weighted by molar-refractivity contribution is 0.0732. The first-order valence-corrected chi connectivity index (χ1v) is 5.23. The summed E-state index contributed by atoms with van der Waals surface area (Å²) in [6.45, 7) is 3.81. The zero-order chi connectivity index (χ0) is 12.3. The number of hydrogen-bond acceptors (Lipinski definition) is 2. The van der Waals surface area contributed by atoms with Crippen molar-refractivity contribution in [3.05, 3.63) is 29.6 Å². The Labute approximate surface area is 94.5 Å². The maximum Gasteiger partial charge on any atom is 0.260 e. The molecule has 0 saturated carbocycles. The van der Waals surface area contributed by atoms with Gasteiger partial charge in [-0.3, -0.25) is 4.79 Å². The second kappa shape index (κ2) is 4.96. The number of phenolic OH excluding ortho intramolecular Hbond substituents is 1. The molecule has 1 N–H and O–H groups in total. The highest BCUT2D eigenvalue weighted by Gasteiger charge is 2.22. The second-order valence-corrected chi connectivity index (χ2v) is 3.81. The van der Waals surface area contributed by atoms with Gasteiger partial charge in [-0.25, -0.2) is 4.39 Å². The van der Waals surface area contributed by atoms with Crippen molar-refractivity contribution >= 4 is 5.91 Å². The van der Waals surface area contributed by atoms with Crippen LogP contribution in [0, 0.1) is 5.82 Å². The third kappa shape index (κ3) is 2.32. The fourth-order valence-corrected chi connectivity index (χ4v) is 1.37. The lowest BCUT2D eigenvalue weighted by atomic mass is 10.1. The maximum atomic E-state index is 13.4. The Morgan fingerprint density at radius 1 is 1.56 bits per heavy atom. The van der Waals surface area contributed by atoms with E-state index in [1.165, 1.54) is 17.0 Å². The van der Waals surface area contributed by atoms with E-state index in [-0.39, 0.29) is 17.4 Å². The van der Waals surface area contributed by atoms with Crippen LogP contribution >= 0.6 is 0 Å². The number of benzene rings is 1. The standard InChI is InChI=1S/C12H16FNO2/c1-4-8(2)14(3)12(16)11-9(13)6-5-7-10(11)15/h5-8,15H,4H2,1-3H3. The number of hydrogen-bond donors (Lipinski definition) is 1. The molecule has 0 heterocycles. The van der Waals surface area contributed by atoms with Crippen LogP contribution in [0.15, 0.2) is 18.2 Å². The van der Waals surface area contributed by atoms with Crippen LogP contribution in [0.25, 0.3) is 0 Å². The number of phenols is 1. The highest BCUT2D eigenvalue weighted by atomic mass is 19.1. The summed E-state index contributed by atoms with van der Waals surface area (Å²) in [4.78, 5) is 13.3. The van der Waals surface area contributed by atoms with Crippen molar-refractivity contribution in [2.24, 2.45) is 0 Å². The van der Waals surface area contributed by atoms with Crippen molar-refractivity contribution in [3.63, 3.8) is 0 Å². The molecule has 0 aromatic heterocycles. The molecule has 0 aliphatic heterocycles. The smallest absolute Gasteiger partial charge is 0.260 e. The van der Waals surface area contributed by atoms with Crippen molar-refractivity contribution < 1.29 is 14.3 Å². The summed E-state index contributed by atoms with van der Waals surface area (Å²) in [5.41, 5.74) is -0.259. The topological polar surface area (TPSA) is 40.5 Å². The maximum absolute atomic E-state index is 13.4. The van der Waals surface area contributed by atoms with Crippen LogP contribution in [0.4, 0.5) is 4.39 Å². The molecule has 0 aliphatic rings. The first-order valence-electron chi connectivity index (χ1n) is 5.23. The molecule has 1 atom stereocenters. The fourth-order valence-electron chi connectivity index (χ4n) is 1.37. The second-order valence-electron chi connectivity index (χ2n) is 3.81. The van der Waals surface area contributed by atoms with Gasteiger partial charge < -0.3 is 10.0 Å². The van der Waals surface area contributed by atoms with Crippen molar-refractivity contribution in [2.45, 2.75) is 26.3 Å². The molecule has 1 rings (SSSR count). The normalized spacial score (nSPS) is 12.2. The van der Waals surface area contributed by atoms with E-state index in [0.717, 1.165) is 12.5 Å². The van der Waals surface area contributed by atoms with Gasteiger partial charge in [0, 0.05) is 13.1 Å². The van der Waals surface area contributed by atoms with Gasteiger partial charge in [0.2, 0.25) is 0 Å². The summed E-state index contributed by atoms with van der Waals surface area (Å²) in [5, 5.41) is 9.48. The Balaban J connectivity index is 3.05. The van der Waals surface area contributed by atoms with E-state index in [0.29, 0.717) is 0 Å². The van der Waals surface area contributed by atoms with Crippen LogP contribution in [0.2, 0.25) is 0 Å². The number of carbonyl (C=O) groups is 1. The van der Waals surface area contributed by atoms with E-state index in [2.05, 4.69) is 0 Å². The molecular weight excluding hydrogens is 209 g/mol. The van der Waals surface area contributed by atoms with Gasteiger partial charge in [0.25, 0.3) is 5.91 Å². The molecule has 1 aromatic carbocycles. The number of rotatable bonds is 3. The Morgan fingerprint density at radius 2 is 2.19 bits per heavy atom. The molecule has 1 aromatic rings. The van der Waals surface area contributed by atoms with Crippen LogP contribution in [-0.2, 0) is 0 Å². The van der Waals surface area contributed by atoms with Crippen molar-refractivity contribution in [1.82, 2.24) is 4.90 Å². The predicted octanol–water partition coefficient (Wildman–Crippen LogP) is 2.40. The summed E-state index contributed by atoms with van der Waals surface area (Å²) in [5.74, 6) is -1.51. The average Bonchev–Trinajstić information content (AvgIpc) is 2.26. The Morgan fingerprint density at radius 3 is 2.69 bits per heavy atom.